The highest BCUT2D eigenvalue weighted by Crippen LogP contribution is 2.42. The molecule has 0 radical (unpaired) electrons. The molecule has 8 nitrogen and oxygen atoms in total. The monoisotopic (exact) mass is 378 g/mol. The number of aromatic nitrogens is 1. The first kappa shape index (κ1) is 18.0. The fraction of sp³-hybridized carbons (Fsp3) is 0.0625. The van der Waals surface area contributed by atoms with Crippen molar-refractivity contribution in [3.05, 3.63) is 74.5 Å². The number of anilines is 2. The van der Waals surface area contributed by atoms with Crippen LogP contribution in [-0.4, -0.2) is 14.8 Å². The molecule has 0 fully saturated rings. The second-order valence-corrected chi connectivity index (χ2v) is 5.44. The third-order valence-electron chi connectivity index (χ3n) is 3.68. The van der Waals surface area contributed by atoms with Gasteiger partial charge in [-0.2, -0.15) is 13.2 Å². The molecule has 3 aromatic rings. The standard InChI is InChI=1S/C16H9F3N4O4/c17-16(18,19)10-6-13(22(24)25)15(14(7-10)23(26)27)21-11-5-9-3-1-2-4-12(9)20-8-11/h1-8,21H. The summed E-state index contributed by atoms with van der Waals surface area (Å²) >= 11 is 0. The molecule has 0 saturated carbocycles. The van der Waals surface area contributed by atoms with Crippen LogP contribution in [0.1, 0.15) is 5.56 Å². The molecule has 0 aliphatic heterocycles. The summed E-state index contributed by atoms with van der Waals surface area (Å²) < 4.78 is 38.8. The van der Waals surface area contributed by atoms with E-state index in [0.717, 1.165) is 0 Å². The molecule has 2 aromatic carbocycles. The number of pyridine rings is 1. The molecule has 138 valence electrons. The fourth-order valence-electron chi connectivity index (χ4n) is 2.48. The number of alkyl halides is 3. The summed E-state index contributed by atoms with van der Waals surface area (Å²) in [5, 5.41) is 25.6. The number of hydrogen-bond acceptors (Lipinski definition) is 6. The first-order valence-electron chi connectivity index (χ1n) is 7.32. The van der Waals surface area contributed by atoms with Crippen molar-refractivity contribution in [3.63, 3.8) is 0 Å². The molecule has 27 heavy (non-hydrogen) atoms. The van der Waals surface area contributed by atoms with E-state index in [9.17, 15) is 33.4 Å². The Morgan fingerprint density at radius 3 is 2.11 bits per heavy atom. The van der Waals surface area contributed by atoms with Crippen molar-refractivity contribution in [2.75, 3.05) is 5.32 Å². The van der Waals surface area contributed by atoms with E-state index in [1.165, 1.54) is 12.3 Å². The molecular formula is C16H9F3N4O4. The number of halogens is 3. The second-order valence-electron chi connectivity index (χ2n) is 5.44. The lowest BCUT2D eigenvalue weighted by Crippen LogP contribution is -2.09. The van der Waals surface area contributed by atoms with Crippen LogP contribution >= 0.6 is 0 Å². The van der Waals surface area contributed by atoms with Crippen LogP contribution in [-0.2, 0) is 6.18 Å². The largest absolute Gasteiger partial charge is 0.416 e. The summed E-state index contributed by atoms with van der Waals surface area (Å²) in [4.78, 5) is 24.4. The predicted octanol–water partition coefficient (Wildman–Crippen LogP) is 4.81. The van der Waals surface area contributed by atoms with Crippen LogP contribution in [0.4, 0.5) is 35.9 Å². The van der Waals surface area contributed by atoms with Crippen molar-refractivity contribution in [1.82, 2.24) is 4.98 Å². The summed E-state index contributed by atoms with van der Waals surface area (Å²) in [6.45, 7) is 0. The molecule has 1 aromatic heterocycles. The lowest BCUT2D eigenvalue weighted by molar-refractivity contribution is -0.392. The molecule has 0 aliphatic carbocycles. The summed E-state index contributed by atoms with van der Waals surface area (Å²) in [5.41, 5.74) is -3.51. The maximum Gasteiger partial charge on any atom is 0.416 e. The van der Waals surface area contributed by atoms with Crippen LogP contribution in [0.25, 0.3) is 10.9 Å². The molecule has 0 saturated heterocycles. The number of para-hydroxylation sites is 1. The Morgan fingerprint density at radius 1 is 0.963 bits per heavy atom. The van der Waals surface area contributed by atoms with Crippen LogP contribution in [0.15, 0.2) is 48.7 Å². The van der Waals surface area contributed by atoms with Crippen LogP contribution in [0.5, 0.6) is 0 Å². The number of nitrogens with zero attached hydrogens (tertiary/aromatic N) is 3. The smallest absolute Gasteiger partial charge is 0.343 e. The fourth-order valence-corrected chi connectivity index (χ4v) is 2.48. The van der Waals surface area contributed by atoms with Crippen molar-refractivity contribution in [2.45, 2.75) is 6.18 Å². The van der Waals surface area contributed by atoms with E-state index < -0.39 is 38.6 Å². The van der Waals surface area contributed by atoms with Crippen molar-refractivity contribution in [3.8, 4) is 0 Å². The zero-order chi connectivity index (χ0) is 19.8. The highest BCUT2D eigenvalue weighted by molar-refractivity contribution is 5.85. The zero-order valence-corrected chi connectivity index (χ0v) is 13.2. The minimum absolute atomic E-state index is 0.152. The molecule has 0 atom stereocenters. The molecule has 1 heterocycles. The molecule has 0 aliphatic rings. The molecule has 0 bridgehead atoms. The number of fused-ring (bicyclic) bond motifs is 1. The maximum atomic E-state index is 12.9. The average molecular weight is 378 g/mol. The minimum atomic E-state index is -4.97. The molecule has 11 heteroatoms. The van der Waals surface area contributed by atoms with Crippen LogP contribution < -0.4 is 5.32 Å². The molecule has 3 rings (SSSR count). The van der Waals surface area contributed by atoms with Crippen LogP contribution in [0.3, 0.4) is 0 Å². The minimum Gasteiger partial charge on any atom is -0.343 e. The van der Waals surface area contributed by atoms with Crippen molar-refractivity contribution >= 4 is 33.7 Å². The number of benzene rings is 2. The Labute approximate surface area is 148 Å². The first-order valence-corrected chi connectivity index (χ1v) is 7.32. The topological polar surface area (TPSA) is 111 Å². The van der Waals surface area contributed by atoms with Gasteiger partial charge in [-0.05, 0) is 12.1 Å². The van der Waals surface area contributed by atoms with Gasteiger partial charge >= 0.3 is 6.18 Å². The molecule has 0 amide bonds. The number of nitro benzene ring substituents is 2. The number of rotatable bonds is 4. The van der Waals surface area contributed by atoms with Gasteiger partial charge in [0, 0.05) is 17.5 Å². The van der Waals surface area contributed by atoms with Gasteiger partial charge < -0.3 is 5.32 Å². The van der Waals surface area contributed by atoms with E-state index in [2.05, 4.69) is 10.3 Å². The van der Waals surface area contributed by atoms with Crippen molar-refractivity contribution < 1.29 is 23.0 Å². The predicted molar refractivity (Wildman–Crippen MR) is 89.8 cm³/mol. The van der Waals surface area contributed by atoms with Gasteiger partial charge in [-0.1, -0.05) is 18.2 Å². The number of hydrogen-bond donors (Lipinski definition) is 1. The summed E-state index contributed by atoms with van der Waals surface area (Å²) in [6, 6.07) is 8.90. The van der Waals surface area contributed by atoms with E-state index in [4.69, 9.17) is 0 Å². The van der Waals surface area contributed by atoms with Gasteiger partial charge in [0.2, 0.25) is 0 Å². The summed E-state index contributed by atoms with van der Waals surface area (Å²) in [7, 11) is 0. The molecular weight excluding hydrogens is 369 g/mol. The van der Waals surface area contributed by atoms with Gasteiger partial charge in [0.1, 0.15) is 0 Å². The van der Waals surface area contributed by atoms with Gasteiger partial charge in [0.05, 0.1) is 32.8 Å². The van der Waals surface area contributed by atoms with Gasteiger partial charge in [-0.25, -0.2) is 0 Å². The van der Waals surface area contributed by atoms with E-state index in [1.807, 2.05) is 0 Å². The van der Waals surface area contributed by atoms with E-state index in [-0.39, 0.29) is 17.8 Å². The molecule has 0 spiro atoms. The van der Waals surface area contributed by atoms with Gasteiger partial charge in [0.25, 0.3) is 11.4 Å². The third-order valence-corrected chi connectivity index (χ3v) is 3.68. The Bertz CT molecular complexity index is 1030. The van der Waals surface area contributed by atoms with Crippen molar-refractivity contribution in [1.29, 1.82) is 0 Å². The average Bonchev–Trinajstić information content (AvgIpc) is 2.60. The number of nitro groups is 2. The normalized spacial score (nSPS) is 11.4. The lowest BCUT2D eigenvalue weighted by Gasteiger charge is -2.11. The quantitative estimate of drug-likeness (QED) is 0.515. The maximum absolute atomic E-state index is 12.9. The van der Waals surface area contributed by atoms with E-state index in [0.29, 0.717) is 10.9 Å². The Kier molecular flexibility index (Phi) is 4.35. The third kappa shape index (κ3) is 3.61. The Hall–Kier alpha value is -3.76. The molecule has 0 unspecified atom stereocenters. The highest BCUT2D eigenvalue weighted by Gasteiger charge is 2.37. The van der Waals surface area contributed by atoms with Gasteiger partial charge in [-0.15, -0.1) is 0 Å². The van der Waals surface area contributed by atoms with Crippen molar-refractivity contribution in [2.24, 2.45) is 0 Å². The zero-order valence-electron chi connectivity index (χ0n) is 13.2. The van der Waals surface area contributed by atoms with Crippen LogP contribution in [0.2, 0.25) is 0 Å². The van der Waals surface area contributed by atoms with E-state index in [1.54, 1.807) is 24.3 Å². The first-order chi connectivity index (χ1) is 12.7. The van der Waals surface area contributed by atoms with Crippen LogP contribution in [0, 0.1) is 20.2 Å². The lowest BCUT2D eigenvalue weighted by atomic mass is 10.1. The van der Waals surface area contributed by atoms with Gasteiger partial charge in [0.15, 0.2) is 5.69 Å². The Balaban J connectivity index is 2.17. The SMILES string of the molecule is O=[N+]([O-])c1cc(C(F)(F)F)cc([N+](=O)[O-])c1Nc1cnc2ccccc2c1. The second kappa shape index (κ2) is 6.52. The highest BCUT2D eigenvalue weighted by atomic mass is 19.4. The molecule has 1 N–H and O–H groups in total. The van der Waals surface area contributed by atoms with E-state index >= 15 is 0 Å². The van der Waals surface area contributed by atoms with Gasteiger partial charge in [-0.3, -0.25) is 25.2 Å². The Morgan fingerprint density at radius 2 is 1.56 bits per heavy atom. The number of nitrogens with one attached hydrogen (secondary N) is 1. The summed E-state index contributed by atoms with van der Waals surface area (Å²) in [6.07, 6.45) is -3.70. The summed E-state index contributed by atoms with van der Waals surface area (Å²) in [5.74, 6) is 0.